The minimum Gasteiger partial charge on any atom is -0.492 e. The summed E-state index contributed by atoms with van der Waals surface area (Å²) in [6.07, 6.45) is 0.572. The van der Waals surface area contributed by atoms with Gasteiger partial charge in [0.1, 0.15) is 18.1 Å². The lowest BCUT2D eigenvalue weighted by Crippen LogP contribution is -2.32. The lowest BCUT2D eigenvalue weighted by Gasteiger charge is -2.24. The molecule has 4 nitrogen and oxygen atoms in total. The number of nitrogens with one attached hydrogen (secondary N) is 1. The lowest BCUT2D eigenvalue weighted by molar-refractivity contribution is -0.121. The van der Waals surface area contributed by atoms with Crippen molar-refractivity contribution in [3.63, 3.8) is 0 Å². The largest absolute Gasteiger partial charge is 0.492 e. The van der Waals surface area contributed by atoms with Gasteiger partial charge in [0.05, 0.1) is 10.9 Å². The predicted molar refractivity (Wildman–Crippen MR) is 85.8 cm³/mol. The topological polar surface area (TPSA) is 47.6 Å². The van der Waals surface area contributed by atoms with Crippen LogP contribution in [-0.2, 0) is 11.2 Å². The van der Waals surface area contributed by atoms with Crippen molar-refractivity contribution >= 4 is 23.2 Å². The first kappa shape index (κ1) is 16.5. The van der Waals surface area contributed by atoms with Crippen LogP contribution in [0.15, 0.2) is 42.5 Å². The summed E-state index contributed by atoms with van der Waals surface area (Å²) in [5.41, 5.74) is 1.38. The summed E-state index contributed by atoms with van der Waals surface area (Å²) in [7, 11) is 0. The maximum absolute atomic E-state index is 12.4. The summed E-state index contributed by atoms with van der Waals surface area (Å²) >= 11 is 5.88. The van der Waals surface area contributed by atoms with Crippen molar-refractivity contribution in [1.82, 2.24) is 0 Å². The molecule has 2 aromatic carbocycles. The number of benzene rings is 2. The molecule has 0 saturated carbocycles. The van der Waals surface area contributed by atoms with Crippen LogP contribution in [0.3, 0.4) is 0 Å². The normalized spacial score (nSPS) is 16.2. The van der Waals surface area contributed by atoms with E-state index in [0.29, 0.717) is 12.1 Å². The van der Waals surface area contributed by atoms with Gasteiger partial charge in [-0.1, -0.05) is 29.8 Å². The molecular weight excluding hydrogens is 340 g/mol. The summed E-state index contributed by atoms with van der Waals surface area (Å²) in [5, 5.41) is 2.72. The van der Waals surface area contributed by atoms with Gasteiger partial charge < -0.3 is 14.8 Å². The van der Waals surface area contributed by atoms with Crippen LogP contribution in [0.2, 0.25) is 5.02 Å². The van der Waals surface area contributed by atoms with Crippen molar-refractivity contribution in [2.24, 2.45) is 5.92 Å². The molecule has 0 bridgehead atoms. The molecule has 2 aromatic rings. The van der Waals surface area contributed by atoms with Gasteiger partial charge in [-0.05, 0) is 36.2 Å². The minimum atomic E-state index is -2.96. The predicted octanol–water partition coefficient (Wildman–Crippen LogP) is 4.13. The number of amides is 1. The molecule has 0 aliphatic carbocycles. The molecule has 1 aliphatic rings. The highest BCUT2D eigenvalue weighted by Gasteiger charge is 2.26. The van der Waals surface area contributed by atoms with E-state index >= 15 is 0 Å². The Hall–Kier alpha value is -2.34. The highest BCUT2D eigenvalue weighted by atomic mass is 35.5. The van der Waals surface area contributed by atoms with Gasteiger partial charge in [-0.15, -0.1) is 0 Å². The van der Waals surface area contributed by atoms with Gasteiger partial charge in [-0.3, -0.25) is 4.79 Å². The molecule has 0 spiro atoms. The Morgan fingerprint density at radius 1 is 1.29 bits per heavy atom. The second kappa shape index (κ2) is 7.05. The van der Waals surface area contributed by atoms with Crippen molar-refractivity contribution in [1.29, 1.82) is 0 Å². The Morgan fingerprint density at radius 2 is 2.08 bits per heavy atom. The van der Waals surface area contributed by atoms with Crippen LogP contribution in [0, 0.1) is 5.92 Å². The summed E-state index contributed by atoms with van der Waals surface area (Å²) < 4.78 is 34.3. The molecule has 1 atom stereocenters. The maximum atomic E-state index is 12.4. The van der Waals surface area contributed by atoms with Crippen LogP contribution in [0.25, 0.3) is 0 Å². The Bertz CT molecular complexity index is 754. The number of rotatable bonds is 4. The molecule has 0 saturated heterocycles. The number of hydrogen-bond acceptors (Lipinski definition) is 3. The standard InChI is InChI=1S/C17H14ClF2NO3/c18-13-8-12(5-6-15(13)24-17(19)20)21-16(22)11-7-10-3-1-2-4-14(10)23-9-11/h1-6,8,11,17H,7,9H2,(H,21,22). The second-order valence-electron chi connectivity index (χ2n) is 5.33. The molecule has 7 heteroatoms. The quantitative estimate of drug-likeness (QED) is 0.899. The highest BCUT2D eigenvalue weighted by Crippen LogP contribution is 2.30. The van der Waals surface area contributed by atoms with E-state index in [9.17, 15) is 13.6 Å². The maximum Gasteiger partial charge on any atom is 0.387 e. The molecule has 1 unspecified atom stereocenters. The average Bonchev–Trinajstić information content (AvgIpc) is 2.56. The van der Waals surface area contributed by atoms with Gasteiger partial charge in [0.2, 0.25) is 5.91 Å². The Balaban J connectivity index is 1.66. The monoisotopic (exact) mass is 353 g/mol. The number of hydrogen-bond donors (Lipinski definition) is 1. The smallest absolute Gasteiger partial charge is 0.387 e. The average molecular weight is 354 g/mol. The van der Waals surface area contributed by atoms with Gasteiger partial charge in [-0.25, -0.2) is 0 Å². The van der Waals surface area contributed by atoms with E-state index in [-0.39, 0.29) is 29.2 Å². The molecule has 1 N–H and O–H groups in total. The number of anilines is 1. The van der Waals surface area contributed by atoms with Crippen LogP contribution >= 0.6 is 11.6 Å². The van der Waals surface area contributed by atoms with Crippen LogP contribution in [0.1, 0.15) is 5.56 Å². The van der Waals surface area contributed by atoms with Crippen LogP contribution in [-0.4, -0.2) is 19.1 Å². The Labute approximate surface area is 142 Å². The van der Waals surface area contributed by atoms with Crippen molar-refractivity contribution in [3.05, 3.63) is 53.1 Å². The summed E-state index contributed by atoms with van der Waals surface area (Å²) in [5.74, 6) is 0.0939. The van der Waals surface area contributed by atoms with Crippen molar-refractivity contribution in [2.45, 2.75) is 13.0 Å². The van der Waals surface area contributed by atoms with E-state index in [4.69, 9.17) is 16.3 Å². The van der Waals surface area contributed by atoms with Crippen LogP contribution in [0.5, 0.6) is 11.5 Å². The number of carbonyl (C=O) groups is 1. The van der Waals surface area contributed by atoms with E-state index in [1.165, 1.54) is 18.2 Å². The van der Waals surface area contributed by atoms with E-state index in [0.717, 1.165) is 11.3 Å². The molecule has 0 fully saturated rings. The Morgan fingerprint density at radius 3 is 2.83 bits per heavy atom. The zero-order valence-corrected chi connectivity index (χ0v) is 13.2. The van der Waals surface area contributed by atoms with Crippen molar-refractivity contribution in [3.8, 4) is 11.5 Å². The first-order valence-electron chi connectivity index (χ1n) is 7.29. The Kier molecular flexibility index (Phi) is 4.85. The van der Waals surface area contributed by atoms with Crippen molar-refractivity contribution in [2.75, 3.05) is 11.9 Å². The SMILES string of the molecule is O=C(Nc1ccc(OC(F)F)c(Cl)c1)C1COc2ccccc2C1. The van der Waals surface area contributed by atoms with Gasteiger partial charge >= 0.3 is 6.61 Å². The molecule has 24 heavy (non-hydrogen) atoms. The molecule has 1 amide bonds. The molecule has 3 rings (SSSR count). The summed E-state index contributed by atoms with van der Waals surface area (Å²) in [4.78, 5) is 12.4. The van der Waals surface area contributed by atoms with Gasteiger partial charge in [0.25, 0.3) is 0 Å². The zero-order chi connectivity index (χ0) is 17.1. The number of carbonyl (C=O) groups excluding carboxylic acids is 1. The molecule has 0 radical (unpaired) electrons. The number of halogens is 3. The third-order valence-electron chi connectivity index (χ3n) is 3.67. The first-order valence-corrected chi connectivity index (χ1v) is 7.66. The van der Waals surface area contributed by atoms with E-state index in [1.807, 2.05) is 24.3 Å². The van der Waals surface area contributed by atoms with Gasteiger partial charge in [-0.2, -0.15) is 8.78 Å². The fraction of sp³-hybridized carbons (Fsp3) is 0.235. The van der Waals surface area contributed by atoms with Crippen LogP contribution < -0.4 is 14.8 Å². The number of fused-ring (bicyclic) bond motifs is 1. The van der Waals surface area contributed by atoms with Crippen LogP contribution in [0.4, 0.5) is 14.5 Å². The molecule has 1 aliphatic heterocycles. The highest BCUT2D eigenvalue weighted by molar-refractivity contribution is 6.32. The zero-order valence-electron chi connectivity index (χ0n) is 12.5. The molecular formula is C17H14ClF2NO3. The number of ether oxygens (including phenoxy) is 2. The number of para-hydroxylation sites is 1. The fourth-order valence-electron chi connectivity index (χ4n) is 2.51. The van der Waals surface area contributed by atoms with E-state index in [1.54, 1.807) is 0 Å². The second-order valence-corrected chi connectivity index (χ2v) is 5.74. The summed E-state index contributed by atoms with van der Waals surface area (Å²) in [6, 6.07) is 11.7. The van der Waals surface area contributed by atoms with E-state index in [2.05, 4.69) is 10.1 Å². The van der Waals surface area contributed by atoms with Gasteiger partial charge in [0.15, 0.2) is 0 Å². The minimum absolute atomic E-state index is 0.00154. The number of alkyl halides is 2. The van der Waals surface area contributed by atoms with Crippen molar-refractivity contribution < 1.29 is 23.0 Å². The third kappa shape index (κ3) is 3.76. The summed E-state index contributed by atoms with van der Waals surface area (Å²) in [6.45, 7) is -2.68. The molecule has 1 heterocycles. The fourth-order valence-corrected chi connectivity index (χ4v) is 2.74. The van der Waals surface area contributed by atoms with E-state index < -0.39 is 6.61 Å². The molecule has 126 valence electrons. The lowest BCUT2D eigenvalue weighted by atomic mass is 9.96. The first-order chi connectivity index (χ1) is 11.5. The third-order valence-corrected chi connectivity index (χ3v) is 3.96. The van der Waals surface area contributed by atoms with Gasteiger partial charge in [0, 0.05) is 5.69 Å². The molecule has 0 aromatic heterocycles.